The summed E-state index contributed by atoms with van der Waals surface area (Å²) < 4.78 is 26.6. The predicted molar refractivity (Wildman–Crippen MR) is 79.5 cm³/mol. The Morgan fingerprint density at radius 1 is 1.55 bits per heavy atom. The lowest BCUT2D eigenvalue weighted by Gasteiger charge is -2.29. The van der Waals surface area contributed by atoms with Crippen molar-refractivity contribution in [2.75, 3.05) is 19.6 Å². The molecule has 1 amide bonds. The van der Waals surface area contributed by atoms with Crippen molar-refractivity contribution in [3.63, 3.8) is 0 Å². The molecule has 1 fully saturated rings. The van der Waals surface area contributed by atoms with Crippen molar-refractivity contribution in [2.45, 2.75) is 31.6 Å². The van der Waals surface area contributed by atoms with Gasteiger partial charge in [0.1, 0.15) is 0 Å². The van der Waals surface area contributed by atoms with E-state index in [-0.39, 0.29) is 10.8 Å². The highest BCUT2D eigenvalue weighted by molar-refractivity contribution is 7.89. The van der Waals surface area contributed by atoms with Crippen LogP contribution in [0.2, 0.25) is 0 Å². The van der Waals surface area contributed by atoms with Crippen LogP contribution in [0.25, 0.3) is 0 Å². The van der Waals surface area contributed by atoms with Crippen LogP contribution in [-0.2, 0) is 10.0 Å². The third-order valence-electron chi connectivity index (χ3n) is 3.39. The van der Waals surface area contributed by atoms with Crippen LogP contribution in [0.5, 0.6) is 0 Å². The second-order valence-corrected chi connectivity index (χ2v) is 7.97. The standard InChI is InChI=1S/C13H20N2O3S2/c1-3-14-13(16)12-7-11(9-19-12)20(17,18)15-6-4-5-10(2)8-15/h7,9-10H,3-6,8H2,1-2H3,(H,14,16)/t10-/m0/s1. The van der Waals surface area contributed by atoms with Crippen LogP contribution in [-0.4, -0.2) is 38.3 Å². The first-order chi connectivity index (χ1) is 9.45. The van der Waals surface area contributed by atoms with Crippen LogP contribution < -0.4 is 5.32 Å². The van der Waals surface area contributed by atoms with Crippen molar-refractivity contribution in [3.8, 4) is 0 Å². The van der Waals surface area contributed by atoms with Gasteiger partial charge in [0.05, 0.1) is 9.77 Å². The molecule has 112 valence electrons. The number of carbonyl (C=O) groups is 1. The minimum absolute atomic E-state index is 0.217. The molecule has 1 aliphatic rings. The molecule has 0 saturated carbocycles. The van der Waals surface area contributed by atoms with Gasteiger partial charge in [-0.25, -0.2) is 8.42 Å². The lowest BCUT2D eigenvalue weighted by Crippen LogP contribution is -2.38. The largest absolute Gasteiger partial charge is 0.352 e. The molecule has 20 heavy (non-hydrogen) atoms. The molecule has 2 rings (SSSR count). The smallest absolute Gasteiger partial charge is 0.261 e. The maximum absolute atomic E-state index is 12.5. The molecular weight excluding hydrogens is 296 g/mol. The lowest BCUT2D eigenvalue weighted by atomic mass is 10.0. The van der Waals surface area contributed by atoms with E-state index >= 15 is 0 Å². The normalized spacial score (nSPS) is 20.8. The zero-order valence-electron chi connectivity index (χ0n) is 11.8. The van der Waals surface area contributed by atoms with Gasteiger partial charge < -0.3 is 5.32 Å². The average Bonchev–Trinajstić information content (AvgIpc) is 2.89. The predicted octanol–water partition coefficient (Wildman–Crippen LogP) is 1.92. The molecule has 1 aromatic rings. The van der Waals surface area contributed by atoms with Gasteiger partial charge in [-0.05, 0) is 31.7 Å². The number of nitrogens with one attached hydrogen (secondary N) is 1. The first-order valence-corrected chi connectivity index (χ1v) is 9.14. The van der Waals surface area contributed by atoms with Crippen molar-refractivity contribution in [1.82, 2.24) is 9.62 Å². The summed E-state index contributed by atoms with van der Waals surface area (Å²) in [7, 11) is -3.46. The molecule has 1 aliphatic heterocycles. The van der Waals surface area contributed by atoms with Gasteiger partial charge in [-0.15, -0.1) is 11.3 Å². The van der Waals surface area contributed by atoms with E-state index < -0.39 is 10.0 Å². The molecule has 0 unspecified atom stereocenters. The maximum atomic E-state index is 12.5. The molecule has 1 N–H and O–H groups in total. The monoisotopic (exact) mass is 316 g/mol. The molecule has 1 saturated heterocycles. The summed E-state index contributed by atoms with van der Waals surface area (Å²) in [5.74, 6) is 0.172. The molecule has 0 aromatic carbocycles. The average molecular weight is 316 g/mol. The quantitative estimate of drug-likeness (QED) is 0.923. The number of rotatable bonds is 4. The van der Waals surface area contributed by atoms with E-state index in [2.05, 4.69) is 12.2 Å². The lowest BCUT2D eigenvalue weighted by molar-refractivity contribution is 0.0959. The van der Waals surface area contributed by atoms with Crippen molar-refractivity contribution in [3.05, 3.63) is 16.3 Å². The molecule has 0 radical (unpaired) electrons. The second kappa shape index (κ2) is 6.24. The molecule has 1 aromatic heterocycles. The fourth-order valence-electron chi connectivity index (χ4n) is 2.33. The Morgan fingerprint density at radius 3 is 2.95 bits per heavy atom. The van der Waals surface area contributed by atoms with E-state index in [4.69, 9.17) is 0 Å². The van der Waals surface area contributed by atoms with Gasteiger partial charge in [0.25, 0.3) is 5.91 Å². The molecule has 5 nitrogen and oxygen atoms in total. The highest BCUT2D eigenvalue weighted by Gasteiger charge is 2.29. The first kappa shape index (κ1) is 15.5. The second-order valence-electron chi connectivity index (χ2n) is 5.12. The van der Waals surface area contributed by atoms with Gasteiger partial charge in [-0.3, -0.25) is 4.79 Å². The van der Waals surface area contributed by atoms with Crippen LogP contribution >= 0.6 is 11.3 Å². The highest BCUT2D eigenvalue weighted by Crippen LogP contribution is 2.26. The number of sulfonamides is 1. The molecule has 0 bridgehead atoms. The van der Waals surface area contributed by atoms with Gasteiger partial charge >= 0.3 is 0 Å². The third kappa shape index (κ3) is 3.21. The number of amides is 1. The Balaban J connectivity index is 2.19. The van der Waals surface area contributed by atoms with Crippen LogP contribution in [0.4, 0.5) is 0 Å². The van der Waals surface area contributed by atoms with Crippen molar-refractivity contribution < 1.29 is 13.2 Å². The zero-order chi connectivity index (χ0) is 14.8. The zero-order valence-corrected chi connectivity index (χ0v) is 13.4. The topological polar surface area (TPSA) is 66.5 Å². The Morgan fingerprint density at radius 2 is 2.30 bits per heavy atom. The summed E-state index contributed by atoms with van der Waals surface area (Å²) >= 11 is 1.17. The van der Waals surface area contributed by atoms with Gasteiger partial charge in [0.2, 0.25) is 10.0 Å². The molecule has 0 aliphatic carbocycles. The van der Waals surface area contributed by atoms with E-state index in [0.717, 1.165) is 12.8 Å². The number of piperidine rings is 1. The summed E-state index contributed by atoms with van der Waals surface area (Å²) in [6, 6.07) is 1.48. The van der Waals surface area contributed by atoms with Crippen molar-refractivity contribution in [2.24, 2.45) is 5.92 Å². The minimum Gasteiger partial charge on any atom is -0.352 e. The van der Waals surface area contributed by atoms with E-state index in [0.29, 0.717) is 30.4 Å². The summed E-state index contributed by atoms with van der Waals surface area (Å²) in [6.45, 7) is 5.56. The minimum atomic E-state index is -3.46. The van der Waals surface area contributed by atoms with Gasteiger partial charge in [-0.1, -0.05) is 6.92 Å². The molecule has 1 atom stereocenters. The molecule has 2 heterocycles. The fourth-order valence-corrected chi connectivity index (χ4v) is 5.11. The van der Waals surface area contributed by atoms with Crippen molar-refractivity contribution in [1.29, 1.82) is 0 Å². The van der Waals surface area contributed by atoms with Crippen LogP contribution in [0.15, 0.2) is 16.3 Å². The molecule has 7 heteroatoms. The number of nitrogens with zero attached hydrogens (tertiary/aromatic N) is 1. The van der Waals surface area contributed by atoms with Crippen LogP contribution in [0.3, 0.4) is 0 Å². The summed E-state index contributed by atoms with van der Waals surface area (Å²) in [5.41, 5.74) is 0. The maximum Gasteiger partial charge on any atom is 0.261 e. The Hall–Kier alpha value is -0.920. The Labute approximate surface area is 124 Å². The first-order valence-electron chi connectivity index (χ1n) is 6.82. The fraction of sp³-hybridized carbons (Fsp3) is 0.615. The summed E-state index contributed by atoms with van der Waals surface area (Å²) in [5, 5.41) is 4.23. The molecular formula is C13H20N2O3S2. The Kier molecular flexibility index (Phi) is 4.82. The van der Waals surface area contributed by atoms with Crippen molar-refractivity contribution >= 4 is 27.3 Å². The van der Waals surface area contributed by atoms with E-state index in [1.54, 1.807) is 5.38 Å². The van der Waals surface area contributed by atoms with Crippen LogP contribution in [0.1, 0.15) is 36.4 Å². The van der Waals surface area contributed by atoms with E-state index in [1.165, 1.54) is 21.7 Å². The number of thiophene rings is 1. The number of hydrogen-bond acceptors (Lipinski definition) is 4. The van der Waals surface area contributed by atoms with E-state index in [9.17, 15) is 13.2 Å². The highest BCUT2D eigenvalue weighted by atomic mass is 32.2. The van der Waals surface area contributed by atoms with Gasteiger partial charge in [0.15, 0.2) is 0 Å². The summed E-state index contributed by atoms with van der Waals surface area (Å²) in [6.07, 6.45) is 1.97. The SMILES string of the molecule is CCNC(=O)c1cc(S(=O)(=O)N2CCC[C@H](C)C2)cs1. The third-order valence-corrected chi connectivity index (χ3v) is 6.32. The molecule has 0 spiro atoms. The number of hydrogen-bond donors (Lipinski definition) is 1. The summed E-state index contributed by atoms with van der Waals surface area (Å²) in [4.78, 5) is 12.4. The number of carbonyl (C=O) groups excluding carboxylic acids is 1. The van der Waals surface area contributed by atoms with E-state index in [1.807, 2.05) is 6.92 Å². The van der Waals surface area contributed by atoms with Crippen LogP contribution in [0, 0.1) is 5.92 Å². The van der Waals surface area contributed by atoms with Gasteiger partial charge in [-0.2, -0.15) is 4.31 Å². The Bertz CT molecular complexity index is 580. The van der Waals surface area contributed by atoms with Gasteiger partial charge in [0, 0.05) is 25.0 Å².